The molecule has 3 aromatic rings. The number of ether oxygens (including phenoxy) is 1. The van der Waals surface area contributed by atoms with E-state index in [1.165, 1.54) is 0 Å². The molecule has 0 spiro atoms. The molecular weight excluding hydrogens is 304 g/mol. The highest BCUT2D eigenvalue weighted by molar-refractivity contribution is 6.00. The zero-order chi connectivity index (χ0) is 17.4. The average Bonchev–Trinajstić information content (AvgIpc) is 2.84. The van der Waals surface area contributed by atoms with Gasteiger partial charge >= 0.3 is 5.97 Å². The van der Waals surface area contributed by atoms with Gasteiger partial charge in [-0.2, -0.15) is 0 Å². The molecule has 0 aliphatic rings. The number of fused-ring (bicyclic) bond motifs is 1. The molecule has 1 aromatic carbocycles. The summed E-state index contributed by atoms with van der Waals surface area (Å²) in [6, 6.07) is 9.92. The van der Waals surface area contributed by atoms with Gasteiger partial charge in [0, 0.05) is 31.5 Å². The van der Waals surface area contributed by atoms with Crippen LogP contribution in [-0.2, 0) is 18.8 Å². The van der Waals surface area contributed by atoms with Gasteiger partial charge < -0.3 is 13.9 Å². The van der Waals surface area contributed by atoms with Crippen molar-refractivity contribution < 1.29 is 9.53 Å². The molecule has 0 fully saturated rings. The quantitative estimate of drug-likeness (QED) is 0.696. The summed E-state index contributed by atoms with van der Waals surface area (Å²) in [5, 5.41) is 0.560. The van der Waals surface area contributed by atoms with Gasteiger partial charge in [0.05, 0.1) is 23.2 Å². The highest BCUT2D eigenvalue weighted by Gasteiger charge is 2.22. The molecule has 0 atom stereocenters. The molecule has 0 saturated heterocycles. The van der Waals surface area contributed by atoms with E-state index in [0.717, 1.165) is 22.5 Å². The lowest BCUT2D eigenvalue weighted by Gasteiger charge is -2.09. The molecule has 0 aliphatic carbocycles. The van der Waals surface area contributed by atoms with E-state index in [1.54, 1.807) is 13.1 Å². The van der Waals surface area contributed by atoms with Gasteiger partial charge in [0.15, 0.2) is 0 Å². The highest BCUT2D eigenvalue weighted by Crippen LogP contribution is 2.31. The molecule has 0 bridgehead atoms. The maximum Gasteiger partial charge on any atom is 0.343 e. The molecule has 0 saturated carbocycles. The molecule has 3 rings (SSSR count). The Hall–Kier alpha value is -2.82. The third-order valence-corrected chi connectivity index (χ3v) is 4.35. The molecular formula is C19H20N2O3. The summed E-state index contributed by atoms with van der Waals surface area (Å²) in [5.41, 5.74) is 3.42. The summed E-state index contributed by atoms with van der Waals surface area (Å²) in [6.45, 7) is 3.86. The van der Waals surface area contributed by atoms with E-state index in [0.29, 0.717) is 5.39 Å². The normalized spacial score (nSPS) is 11.0. The SMILES string of the molecule is CCOC(=O)c1cn(C)c2c(-c3ccccc3)n(C)c(C)c2c1=O. The Morgan fingerprint density at radius 3 is 2.46 bits per heavy atom. The summed E-state index contributed by atoms with van der Waals surface area (Å²) in [5.74, 6) is -0.579. The van der Waals surface area contributed by atoms with Crippen molar-refractivity contribution in [3.05, 3.63) is 58.0 Å². The lowest BCUT2D eigenvalue weighted by atomic mass is 10.1. The van der Waals surface area contributed by atoms with Crippen molar-refractivity contribution in [2.75, 3.05) is 6.61 Å². The number of aryl methyl sites for hydroxylation is 2. The molecule has 24 heavy (non-hydrogen) atoms. The molecule has 124 valence electrons. The first-order chi connectivity index (χ1) is 11.5. The second-order valence-electron chi connectivity index (χ2n) is 5.79. The van der Waals surface area contributed by atoms with Gasteiger partial charge in [-0.1, -0.05) is 30.3 Å². The summed E-state index contributed by atoms with van der Waals surface area (Å²) in [6.07, 6.45) is 1.56. The molecule has 0 unspecified atom stereocenters. The minimum Gasteiger partial charge on any atom is -0.462 e. The van der Waals surface area contributed by atoms with Gasteiger partial charge in [-0.3, -0.25) is 4.79 Å². The van der Waals surface area contributed by atoms with Crippen molar-refractivity contribution in [2.45, 2.75) is 13.8 Å². The van der Waals surface area contributed by atoms with E-state index in [4.69, 9.17) is 4.74 Å². The topological polar surface area (TPSA) is 53.2 Å². The van der Waals surface area contributed by atoms with Gasteiger partial charge in [0.2, 0.25) is 5.43 Å². The van der Waals surface area contributed by atoms with E-state index in [9.17, 15) is 9.59 Å². The molecule has 2 aromatic heterocycles. The predicted molar refractivity (Wildman–Crippen MR) is 94.3 cm³/mol. The Balaban J connectivity index is 2.40. The summed E-state index contributed by atoms with van der Waals surface area (Å²) >= 11 is 0. The van der Waals surface area contributed by atoms with Gasteiger partial charge in [-0.05, 0) is 13.8 Å². The van der Waals surface area contributed by atoms with Crippen LogP contribution in [0.25, 0.3) is 22.2 Å². The molecule has 0 radical (unpaired) electrons. The Morgan fingerprint density at radius 2 is 1.83 bits per heavy atom. The van der Waals surface area contributed by atoms with E-state index in [1.807, 2.05) is 60.5 Å². The van der Waals surface area contributed by atoms with E-state index >= 15 is 0 Å². The zero-order valence-electron chi connectivity index (χ0n) is 14.3. The number of benzene rings is 1. The van der Waals surface area contributed by atoms with Crippen molar-refractivity contribution in [3.8, 4) is 11.3 Å². The first-order valence-corrected chi connectivity index (χ1v) is 7.88. The second-order valence-corrected chi connectivity index (χ2v) is 5.79. The molecule has 5 heteroatoms. The molecule has 0 N–H and O–H groups in total. The number of esters is 1. The highest BCUT2D eigenvalue weighted by atomic mass is 16.5. The Labute approximate surface area is 140 Å². The van der Waals surface area contributed by atoms with Crippen molar-refractivity contribution in [1.82, 2.24) is 9.13 Å². The van der Waals surface area contributed by atoms with Gasteiger partial charge in [0.1, 0.15) is 5.56 Å². The molecule has 0 amide bonds. The van der Waals surface area contributed by atoms with Crippen molar-refractivity contribution >= 4 is 16.9 Å². The zero-order valence-corrected chi connectivity index (χ0v) is 14.3. The number of rotatable bonds is 3. The number of pyridine rings is 1. The van der Waals surface area contributed by atoms with Gasteiger partial charge in [-0.15, -0.1) is 0 Å². The average molecular weight is 324 g/mol. The van der Waals surface area contributed by atoms with Crippen LogP contribution in [0.15, 0.2) is 41.3 Å². The van der Waals surface area contributed by atoms with Crippen LogP contribution >= 0.6 is 0 Å². The fraction of sp³-hybridized carbons (Fsp3) is 0.263. The van der Waals surface area contributed by atoms with Crippen LogP contribution in [0.3, 0.4) is 0 Å². The Bertz CT molecular complexity index is 981. The minimum absolute atomic E-state index is 0.0696. The van der Waals surface area contributed by atoms with E-state index in [-0.39, 0.29) is 17.6 Å². The molecule has 0 aliphatic heterocycles. The van der Waals surface area contributed by atoms with Crippen LogP contribution in [0.5, 0.6) is 0 Å². The van der Waals surface area contributed by atoms with Crippen LogP contribution < -0.4 is 5.43 Å². The summed E-state index contributed by atoms with van der Waals surface area (Å²) in [7, 11) is 3.78. The lowest BCUT2D eigenvalue weighted by Crippen LogP contribution is -2.20. The summed E-state index contributed by atoms with van der Waals surface area (Å²) < 4.78 is 8.84. The molecule has 5 nitrogen and oxygen atoms in total. The number of aromatic nitrogens is 2. The summed E-state index contributed by atoms with van der Waals surface area (Å²) in [4.78, 5) is 25.0. The largest absolute Gasteiger partial charge is 0.462 e. The smallest absolute Gasteiger partial charge is 0.343 e. The number of hydrogen-bond acceptors (Lipinski definition) is 3. The van der Waals surface area contributed by atoms with E-state index < -0.39 is 5.97 Å². The lowest BCUT2D eigenvalue weighted by molar-refractivity contribution is 0.0524. The van der Waals surface area contributed by atoms with Gasteiger partial charge in [-0.25, -0.2) is 4.79 Å². The van der Waals surface area contributed by atoms with Crippen LogP contribution in [0.1, 0.15) is 23.0 Å². The first-order valence-electron chi connectivity index (χ1n) is 7.88. The van der Waals surface area contributed by atoms with Crippen LogP contribution in [0.2, 0.25) is 0 Å². The standard InChI is InChI=1S/C19H20N2O3/c1-5-24-19(23)14-11-20(3)17-15(18(14)22)12(2)21(4)16(17)13-9-7-6-8-10-13/h6-11H,5H2,1-4H3. The number of carbonyl (C=O) groups excluding carboxylic acids is 1. The Morgan fingerprint density at radius 1 is 1.17 bits per heavy atom. The minimum atomic E-state index is -0.579. The van der Waals surface area contributed by atoms with E-state index in [2.05, 4.69) is 0 Å². The first kappa shape index (κ1) is 16.1. The maximum atomic E-state index is 12.9. The number of carbonyl (C=O) groups is 1. The maximum absolute atomic E-state index is 12.9. The fourth-order valence-corrected chi connectivity index (χ4v) is 3.13. The number of nitrogens with zero attached hydrogens (tertiary/aromatic N) is 2. The monoisotopic (exact) mass is 324 g/mol. The van der Waals surface area contributed by atoms with Crippen LogP contribution in [0, 0.1) is 6.92 Å². The predicted octanol–water partition coefficient (Wildman–Crippen LogP) is 3.03. The van der Waals surface area contributed by atoms with Crippen molar-refractivity contribution in [1.29, 1.82) is 0 Å². The van der Waals surface area contributed by atoms with Crippen molar-refractivity contribution in [2.24, 2.45) is 14.1 Å². The van der Waals surface area contributed by atoms with Gasteiger partial charge in [0.25, 0.3) is 0 Å². The third kappa shape index (κ3) is 2.33. The molecule has 2 heterocycles. The number of hydrogen-bond donors (Lipinski definition) is 0. The third-order valence-electron chi connectivity index (χ3n) is 4.35. The van der Waals surface area contributed by atoms with Crippen LogP contribution in [-0.4, -0.2) is 21.7 Å². The van der Waals surface area contributed by atoms with Crippen LogP contribution in [0.4, 0.5) is 0 Å². The second kappa shape index (κ2) is 6.00. The van der Waals surface area contributed by atoms with Crippen molar-refractivity contribution in [3.63, 3.8) is 0 Å². The fourth-order valence-electron chi connectivity index (χ4n) is 3.13. The Kier molecular flexibility index (Phi) is 4.01.